The Morgan fingerprint density at radius 2 is 1.43 bits per heavy atom. The van der Waals surface area contributed by atoms with E-state index in [1.54, 1.807) is 0 Å². The molecule has 0 aliphatic carbocycles. The molecule has 0 fully saturated rings. The Hall–Kier alpha value is -4.30. The third-order valence-corrected chi connectivity index (χ3v) is 5.35. The maximum absolute atomic E-state index is 9.85. The zero-order valence-corrected chi connectivity index (χ0v) is 16.0. The highest BCUT2D eigenvalue weighted by molar-refractivity contribution is 5.71. The van der Waals surface area contributed by atoms with Crippen LogP contribution in [0.3, 0.4) is 0 Å². The van der Waals surface area contributed by atoms with Gasteiger partial charge in [0.05, 0.1) is 17.2 Å². The van der Waals surface area contributed by atoms with Crippen LogP contribution in [-0.4, -0.2) is 10.2 Å². The van der Waals surface area contributed by atoms with Gasteiger partial charge in [0.1, 0.15) is 11.6 Å². The quantitative estimate of drug-likeness (QED) is 0.517. The highest BCUT2D eigenvalue weighted by Gasteiger charge is 2.35. The van der Waals surface area contributed by atoms with E-state index in [1.165, 1.54) is 0 Å². The Morgan fingerprint density at radius 3 is 2.07 bits per heavy atom. The lowest BCUT2D eigenvalue weighted by Crippen LogP contribution is -2.20. The molecule has 4 aromatic rings. The van der Waals surface area contributed by atoms with Crippen molar-refractivity contribution in [1.29, 1.82) is 5.26 Å². The van der Waals surface area contributed by atoms with Gasteiger partial charge in [0.25, 0.3) is 0 Å². The molecule has 0 spiro atoms. The minimum Gasteiger partial charge on any atom is -0.420 e. The van der Waals surface area contributed by atoms with Gasteiger partial charge < -0.3 is 10.5 Å². The van der Waals surface area contributed by atoms with Crippen LogP contribution in [0.5, 0.6) is 5.88 Å². The van der Waals surface area contributed by atoms with Crippen molar-refractivity contribution in [2.75, 3.05) is 0 Å². The van der Waals surface area contributed by atoms with Crippen molar-refractivity contribution in [2.24, 2.45) is 5.73 Å². The summed E-state index contributed by atoms with van der Waals surface area (Å²) in [5.41, 5.74) is 12.3. The van der Waals surface area contributed by atoms with Crippen molar-refractivity contribution in [3.05, 3.63) is 108 Å². The lowest BCUT2D eigenvalue weighted by Gasteiger charge is -2.24. The second-order valence-electron chi connectivity index (χ2n) is 7.10. The van der Waals surface area contributed by atoms with E-state index in [4.69, 9.17) is 10.5 Å². The summed E-state index contributed by atoms with van der Waals surface area (Å²) < 4.78 is 5.67. The van der Waals surface area contributed by atoms with E-state index in [0.29, 0.717) is 11.5 Å². The molecule has 0 saturated heterocycles. The standard InChI is InChI=1S/C25H18N4O/c26-15-20-21(18-13-11-17(12-14-18)16-7-3-1-4-8-16)22-23(19-9-5-2-6-10-19)28-29-25(22)30-24(20)27/h1-14,21H,27H2,(H,28,29)/t21-/m0/s1. The molecular formula is C25H18N4O. The first-order valence-electron chi connectivity index (χ1n) is 9.63. The third-order valence-electron chi connectivity index (χ3n) is 5.35. The first kappa shape index (κ1) is 17.8. The number of aromatic amines is 1. The topological polar surface area (TPSA) is 87.7 Å². The van der Waals surface area contributed by atoms with Gasteiger partial charge in [-0.05, 0) is 22.3 Å². The summed E-state index contributed by atoms with van der Waals surface area (Å²) in [6.07, 6.45) is 0. The molecule has 3 aromatic carbocycles. The van der Waals surface area contributed by atoms with Gasteiger partial charge in [-0.1, -0.05) is 84.9 Å². The number of allylic oxidation sites excluding steroid dienone is 1. The van der Waals surface area contributed by atoms with E-state index < -0.39 is 0 Å². The first-order chi connectivity index (χ1) is 14.8. The van der Waals surface area contributed by atoms with Crippen LogP contribution in [0.2, 0.25) is 0 Å². The molecule has 1 atom stereocenters. The van der Waals surface area contributed by atoms with Crippen LogP contribution in [0.4, 0.5) is 0 Å². The molecular weight excluding hydrogens is 372 g/mol. The van der Waals surface area contributed by atoms with Gasteiger partial charge >= 0.3 is 0 Å². The number of hydrogen-bond acceptors (Lipinski definition) is 4. The second kappa shape index (κ2) is 7.26. The SMILES string of the molecule is N#CC1=C(N)Oc2n[nH]c(-c3ccccc3)c2[C@H]1c1ccc(-c2ccccc2)cc1. The van der Waals surface area contributed by atoms with Crippen LogP contribution in [0.25, 0.3) is 22.4 Å². The molecule has 5 nitrogen and oxygen atoms in total. The van der Waals surface area contributed by atoms with Crippen LogP contribution in [0.15, 0.2) is 96.4 Å². The molecule has 144 valence electrons. The summed E-state index contributed by atoms with van der Waals surface area (Å²) in [7, 11) is 0. The summed E-state index contributed by atoms with van der Waals surface area (Å²) in [6.45, 7) is 0. The van der Waals surface area contributed by atoms with Crippen molar-refractivity contribution >= 4 is 0 Å². The van der Waals surface area contributed by atoms with Gasteiger partial charge in [-0.3, -0.25) is 5.10 Å². The number of nitrogens with two attached hydrogens (primary N) is 1. The van der Waals surface area contributed by atoms with E-state index in [9.17, 15) is 5.26 Å². The Kier molecular flexibility index (Phi) is 4.30. The van der Waals surface area contributed by atoms with Crippen molar-refractivity contribution in [2.45, 2.75) is 5.92 Å². The molecule has 0 bridgehead atoms. The highest BCUT2D eigenvalue weighted by atomic mass is 16.5. The summed E-state index contributed by atoms with van der Waals surface area (Å²) >= 11 is 0. The van der Waals surface area contributed by atoms with Crippen LogP contribution in [0.1, 0.15) is 17.0 Å². The molecule has 1 aromatic heterocycles. The third kappa shape index (κ3) is 2.92. The van der Waals surface area contributed by atoms with Crippen molar-refractivity contribution in [3.8, 4) is 34.3 Å². The number of nitrogens with one attached hydrogen (secondary N) is 1. The molecule has 0 unspecified atom stereocenters. The van der Waals surface area contributed by atoms with Gasteiger partial charge in [0, 0.05) is 0 Å². The minimum atomic E-state index is -0.363. The van der Waals surface area contributed by atoms with Crippen molar-refractivity contribution < 1.29 is 4.74 Å². The first-order valence-corrected chi connectivity index (χ1v) is 9.63. The van der Waals surface area contributed by atoms with Gasteiger partial charge in [-0.2, -0.15) is 5.26 Å². The van der Waals surface area contributed by atoms with Gasteiger partial charge in [0.15, 0.2) is 0 Å². The Balaban J connectivity index is 1.64. The van der Waals surface area contributed by atoms with Crippen molar-refractivity contribution in [3.63, 3.8) is 0 Å². The van der Waals surface area contributed by atoms with Gasteiger partial charge in [0.2, 0.25) is 11.8 Å². The monoisotopic (exact) mass is 390 g/mol. The zero-order valence-electron chi connectivity index (χ0n) is 16.0. The molecule has 2 heterocycles. The van der Waals surface area contributed by atoms with E-state index in [1.807, 2.05) is 60.7 Å². The molecule has 0 amide bonds. The fourth-order valence-electron chi connectivity index (χ4n) is 3.90. The van der Waals surface area contributed by atoms with E-state index in [-0.39, 0.29) is 11.8 Å². The molecule has 0 radical (unpaired) electrons. The summed E-state index contributed by atoms with van der Waals surface area (Å²) in [6, 6.07) is 30.5. The molecule has 5 rings (SSSR count). The van der Waals surface area contributed by atoms with Crippen LogP contribution >= 0.6 is 0 Å². The van der Waals surface area contributed by atoms with E-state index in [2.05, 4.69) is 40.5 Å². The average molecular weight is 390 g/mol. The lowest BCUT2D eigenvalue weighted by molar-refractivity contribution is 0.379. The highest BCUT2D eigenvalue weighted by Crippen LogP contribution is 2.45. The summed E-state index contributed by atoms with van der Waals surface area (Å²) in [5, 5.41) is 17.2. The maximum atomic E-state index is 9.85. The maximum Gasteiger partial charge on any atom is 0.244 e. The summed E-state index contributed by atoms with van der Waals surface area (Å²) in [5.74, 6) is 0.133. The number of rotatable bonds is 3. The van der Waals surface area contributed by atoms with Gasteiger partial charge in [-0.25, -0.2) is 0 Å². The molecule has 1 aliphatic heterocycles. The second-order valence-corrected chi connectivity index (χ2v) is 7.10. The van der Waals surface area contributed by atoms with Crippen LogP contribution in [0, 0.1) is 11.3 Å². The molecule has 5 heteroatoms. The largest absolute Gasteiger partial charge is 0.420 e. The molecule has 0 saturated carbocycles. The number of nitrogens with zero attached hydrogens (tertiary/aromatic N) is 2. The molecule has 1 aliphatic rings. The Morgan fingerprint density at radius 1 is 0.833 bits per heavy atom. The van der Waals surface area contributed by atoms with Gasteiger partial charge in [-0.15, -0.1) is 5.10 Å². The van der Waals surface area contributed by atoms with E-state index >= 15 is 0 Å². The number of hydrogen-bond donors (Lipinski definition) is 2. The number of ether oxygens (including phenoxy) is 1. The number of benzene rings is 3. The number of aromatic nitrogens is 2. The minimum absolute atomic E-state index is 0.0910. The molecule has 30 heavy (non-hydrogen) atoms. The van der Waals surface area contributed by atoms with Crippen LogP contribution in [-0.2, 0) is 0 Å². The predicted molar refractivity (Wildman–Crippen MR) is 115 cm³/mol. The number of H-pyrrole nitrogens is 1. The lowest BCUT2D eigenvalue weighted by atomic mass is 9.82. The zero-order chi connectivity index (χ0) is 20.5. The predicted octanol–water partition coefficient (Wildman–Crippen LogP) is 4.96. The molecule has 3 N–H and O–H groups in total. The number of fused-ring (bicyclic) bond motifs is 1. The van der Waals surface area contributed by atoms with Crippen LogP contribution < -0.4 is 10.5 Å². The Bertz CT molecular complexity index is 1270. The Labute approximate surface area is 174 Å². The normalized spacial score (nSPS) is 15.2. The number of nitriles is 1. The van der Waals surface area contributed by atoms with E-state index in [0.717, 1.165) is 33.5 Å². The fourth-order valence-corrected chi connectivity index (χ4v) is 3.90. The van der Waals surface area contributed by atoms with Crippen molar-refractivity contribution in [1.82, 2.24) is 10.2 Å². The average Bonchev–Trinajstić information content (AvgIpc) is 3.23. The smallest absolute Gasteiger partial charge is 0.244 e. The summed E-state index contributed by atoms with van der Waals surface area (Å²) in [4.78, 5) is 0. The fraction of sp³-hybridized carbons (Fsp3) is 0.0400.